The van der Waals surface area contributed by atoms with Crippen molar-refractivity contribution in [3.63, 3.8) is 0 Å². The summed E-state index contributed by atoms with van der Waals surface area (Å²) >= 11 is 0. The molecule has 0 spiro atoms. The van der Waals surface area contributed by atoms with Gasteiger partial charge in [-0.3, -0.25) is 0 Å². The molecule has 0 saturated heterocycles. The van der Waals surface area contributed by atoms with Crippen molar-refractivity contribution in [2.24, 2.45) is 0 Å². The van der Waals surface area contributed by atoms with Crippen molar-refractivity contribution in [3.8, 4) is 12.1 Å². The molecule has 0 aliphatic carbocycles. The van der Waals surface area contributed by atoms with E-state index in [1.807, 2.05) is 30.3 Å². The molecule has 0 heterocycles. The fourth-order valence-electron chi connectivity index (χ4n) is 2.60. The first kappa shape index (κ1) is 15.5. The summed E-state index contributed by atoms with van der Waals surface area (Å²) in [4.78, 5) is 11.6. The Labute approximate surface area is 130 Å². The number of benzene rings is 2. The number of carbonyl (C=O) groups excluding carboxylic acids is 1. The number of carbonyl (C=O) groups is 1. The van der Waals surface area contributed by atoms with Gasteiger partial charge >= 0.3 is 0 Å². The minimum absolute atomic E-state index is 0.0581. The Morgan fingerprint density at radius 1 is 1.00 bits per heavy atom. The third kappa shape index (κ3) is 3.59. The minimum atomic E-state index is -0.418. The van der Waals surface area contributed by atoms with E-state index in [0.29, 0.717) is 12.0 Å². The first-order chi connectivity index (χ1) is 10.7. The summed E-state index contributed by atoms with van der Waals surface area (Å²) in [6.45, 7) is 1.54. The molecule has 2 atom stereocenters. The van der Waals surface area contributed by atoms with Gasteiger partial charge in [0.2, 0.25) is 0 Å². The normalized spacial score (nSPS) is 12.7. The maximum atomic E-state index is 11.6. The molecule has 2 aromatic rings. The van der Waals surface area contributed by atoms with E-state index in [-0.39, 0.29) is 11.7 Å². The Hall–Kier alpha value is -2.91. The maximum Gasteiger partial charge on any atom is 0.130 e. The molecule has 0 aliphatic heterocycles. The molecule has 0 bridgehead atoms. The summed E-state index contributed by atoms with van der Waals surface area (Å²) in [6.07, 6.45) is 0.322. The molecule has 0 fully saturated rings. The number of ketones is 1. The van der Waals surface area contributed by atoms with Gasteiger partial charge in [-0.25, -0.2) is 0 Å². The van der Waals surface area contributed by atoms with E-state index >= 15 is 0 Å². The van der Waals surface area contributed by atoms with Crippen LogP contribution in [0.15, 0.2) is 54.6 Å². The monoisotopic (exact) mass is 288 g/mol. The largest absolute Gasteiger partial charge is 0.300 e. The van der Waals surface area contributed by atoms with Crippen LogP contribution < -0.4 is 0 Å². The maximum absolute atomic E-state index is 11.6. The highest BCUT2D eigenvalue weighted by molar-refractivity contribution is 5.76. The molecule has 3 nitrogen and oxygen atoms in total. The summed E-state index contributed by atoms with van der Waals surface area (Å²) in [5, 5.41) is 18.5. The van der Waals surface area contributed by atoms with E-state index in [1.165, 1.54) is 0 Å². The summed E-state index contributed by atoms with van der Waals surface area (Å²) in [5.74, 6) is -0.543. The van der Waals surface area contributed by atoms with Crippen LogP contribution in [0, 0.1) is 22.7 Å². The van der Waals surface area contributed by atoms with Gasteiger partial charge in [-0.2, -0.15) is 10.5 Å². The van der Waals surface area contributed by atoms with Crippen LogP contribution in [0.1, 0.15) is 41.9 Å². The van der Waals surface area contributed by atoms with Crippen molar-refractivity contribution in [2.45, 2.75) is 25.2 Å². The number of hydrogen-bond donors (Lipinski definition) is 0. The highest BCUT2D eigenvalue weighted by Gasteiger charge is 2.26. The molecular formula is C19H16N2O. The number of nitrogens with zero attached hydrogens (tertiary/aromatic N) is 2. The Morgan fingerprint density at radius 2 is 1.64 bits per heavy atom. The first-order valence-corrected chi connectivity index (χ1v) is 7.09. The van der Waals surface area contributed by atoms with Gasteiger partial charge in [-0.15, -0.1) is 0 Å². The number of Topliss-reactive ketones (excluding diaryl/α,β-unsaturated/α-hetero) is 1. The molecule has 2 aromatic carbocycles. The molecule has 0 radical (unpaired) electrons. The van der Waals surface area contributed by atoms with Gasteiger partial charge in [-0.1, -0.05) is 42.5 Å². The van der Waals surface area contributed by atoms with Crippen LogP contribution in [0.4, 0.5) is 0 Å². The number of nitriles is 2. The Kier molecular flexibility index (Phi) is 5.07. The second-order valence-electron chi connectivity index (χ2n) is 5.26. The van der Waals surface area contributed by atoms with E-state index in [0.717, 1.165) is 11.1 Å². The van der Waals surface area contributed by atoms with Gasteiger partial charge in [0.1, 0.15) is 5.78 Å². The summed E-state index contributed by atoms with van der Waals surface area (Å²) in [6, 6.07) is 21.0. The Morgan fingerprint density at radius 3 is 2.14 bits per heavy atom. The molecule has 0 aromatic heterocycles. The Bertz CT molecular complexity index is 721. The van der Waals surface area contributed by atoms with Crippen LogP contribution in [0.5, 0.6) is 0 Å². The molecule has 0 amide bonds. The van der Waals surface area contributed by atoms with Gasteiger partial charge < -0.3 is 4.79 Å². The van der Waals surface area contributed by atoms with Crippen LogP contribution in [-0.2, 0) is 4.79 Å². The van der Waals surface area contributed by atoms with E-state index in [4.69, 9.17) is 5.26 Å². The molecule has 0 aliphatic rings. The first-order valence-electron chi connectivity index (χ1n) is 7.09. The predicted octanol–water partition coefficient (Wildman–Crippen LogP) is 3.93. The van der Waals surface area contributed by atoms with Crippen LogP contribution in [0.3, 0.4) is 0 Å². The van der Waals surface area contributed by atoms with Crippen molar-refractivity contribution in [2.75, 3.05) is 0 Å². The smallest absolute Gasteiger partial charge is 0.130 e. The van der Waals surface area contributed by atoms with Gasteiger partial charge in [0, 0.05) is 12.3 Å². The fourth-order valence-corrected chi connectivity index (χ4v) is 2.60. The van der Waals surface area contributed by atoms with Crippen molar-refractivity contribution in [1.82, 2.24) is 0 Å². The van der Waals surface area contributed by atoms with Gasteiger partial charge in [-0.05, 0) is 30.2 Å². The third-order valence-electron chi connectivity index (χ3n) is 3.68. The topological polar surface area (TPSA) is 64.7 Å². The van der Waals surface area contributed by atoms with Crippen molar-refractivity contribution in [3.05, 3.63) is 71.3 Å². The van der Waals surface area contributed by atoms with Gasteiger partial charge in [0.15, 0.2) is 0 Å². The molecule has 0 N–H and O–H groups in total. The number of rotatable bonds is 5. The zero-order valence-corrected chi connectivity index (χ0v) is 12.4. The second-order valence-corrected chi connectivity index (χ2v) is 5.26. The lowest BCUT2D eigenvalue weighted by molar-refractivity contribution is -0.117. The molecule has 2 unspecified atom stereocenters. The van der Waals surface area contributed by atoms with E-state index < -0.39 is 5.92 Å². The lowest BCUT2D eigenvalue weighted by Gasteiger charge is -2.22. The zero-order valence-electron chi connectivity index (χ0n) is 12.4. The molecule has 2 rings (SSSR count). The molecule has 22 heavy (non-hydrogen) atoms. The van der Waals surface area contributed by atoms with Crippen LogP contribution >= 0.6 is 0 Å². The standard InChI is InChI=1S/C19H16N2O/c1-14(22)11-18(16-5-3-2-4-6-16)19(13-21)17-9-7-15(12-20)8-10-17/h2-10,18-19H,11H2,1H3. The van der Waals surface area contributed by atoms with E-state index in [1.54, 1.807) is 31.2 Å². The van der Waals surface area contributed by atoms with Gasteiger partial charge in [0.05, 0.1) is 23.6 Å². The molecule has 0 saturated carbocycles. The minimum Gasteiger partial charge on any atom is -0.300 e. The van der Waals surface area contributed by atoms with Crippen LogP contribution in [0.25, 0.3) is 0 Å². The molecular weight excluding hydrogens is 272 g/mol. The summed E-state index contributed by atoms with van der Waals surface area (Å²) in [5.41, 5.74) is 2.37. The zero-order chi connectivity index (χ0) is 15.9. The quantitative estimate of drug-likeness (QED) is 0.837. The summed E-state index contributed by atoms with van der Waals surface area (Å²) in [7, 11) is 0. The predicted molar refractivity (Wildman–Crippen MR) is 84.0 cm³/mol. The van der Waals surface area contributed by atoms with Gasteiger partial charge in [0.25, 0.3) is 0 Å². The SMILES string of the molecule is CC(=O)CC(c1ccccc1)C(C#N)c1ccc(C#N)cc1. The van der Waals surface area contributed by atoms with Crippen LogP contribution in [-0.4, -0.2) is 5.78 Å². The van der Waals surface area contributed by atoms with Crippen molar-refractivity contribution in [1.29, 1.82) is 10.5 Å². The van der Waals surface area contributed by atoms with Crippen molar-refractivity contribution >= 4 is 5.78 Å². The lowest BCUT2D eigenvalue weighted by Crippen LogP contribution is -2.13. The lowest BCUT2D eigenvalue weighted by atomic mass is 9.79. The third-order valence-corrected chi connectivity index (χ3v) is 3.68. The fraction of sp³-hybridized carbons (Fsp3) is 0.211. The molecule has 108 valence electrons. The Balaban J connectivity index is 2.41. The van der Waals surface area contributed by atoms with Crippen molar-refractivity contribution < 1.29 is 4.79 Å². The van der Waals surface area contributed by atoms with E-state index in [9.17, 15) is 10.1 Å². The second kappa shape index (κ2) is 7.20. The average molecular weight is 288 g/mol. The highest BCUT2D eigenvalue weighted by atomic mass is 16.1. The number of hydrogen-bond acceptors (Lipinski definition) is 3. The molecule has 3 heteroatoms. The highest BCUT2D eigenvalue weighted by Crippen LogP contribution is 2.35. The van der Waals surface area contributed by atoms with E-state index in [2.05, 4.69) is 12.1 Å². The average Bonchev–Trinajstić information content (AvgIpc) is 2.55. The van der Waals surface area contributed by atoms with Crippen LogP contribution in [0.2, 0.25) is 0 Å². The summed E-state index contributed by atoms with van der Waals surface area (Å²) < 4.78 is 0.